The fourth-order valence-corrected chi connectivity index (χ4v) is 7.90. The van der Waals surface area contributed by atoms with Crippen LogP contribution < -0.4 is 27.3 Å². The van der Waals surface area contributed by atoms with Crippen LogP contribution in [0.2, 0.25) is 0 Å². The first-order chi connectivity index (χ1) is 20.8. The summed E-state index contributed by atoms with van der Waals surface area (Å²) in [5.74, 6) is 0.881. The molecule has 2 aliphatic heterocycles. The Balaban J connectivity index is 1.23. The van der Waals surface area contributed by atoms with Crippen LogP contribution in [0.5, 0.6) is 0 Å². The first kappa shape index (κ1) is 23.9. The third-order valence-electron chi connectivity index (χ3n) is 9.78. The monoisotopic (exact) mass is 530 g/mol. The topological polar surface area (TPSA) is 0 Å². The molecule has 2 heterocycles. The van der Waals surface area contributed by atoms with Crippen LogP contribution >= 0.6 is 0 Å². The van der Waals surface area contributed by atoms with E-state index in [0.717, 1.165) is 0 Å². The number of benzene rings is 5. The minimum absolute atomic E-state index is 0.224. The molecule has 4 aliphatic rings. The second-order valence-electron chi connectivity index (χ2n) is 12.0. The van der Waals surface area contributed by atoms with Gasteiger partial charge in [0.1, 0.15) is 0 Å². The SMILES string of the molecule is C1=CC2C=CC(B3c4ccccc4-c4ccc5c(c43)-c3ccccc3B5c3ccc(-c4ccccc4)cc3)=CC2C=C1. The fraction of sp³-hybridized carbons (Fsp3) is 0.0500. The first-order valence-electron chi connectivity index (χ1n) is 15.1. The predicted molar refractivity (Wildman–Crippen MR) is 181 cm³/mol. The predicted octanol–water partition coefficient (Wildman–Crippen LogP) is 5.83. The lowest BCUT2D eigenvalue weighted by atomic mass is 9.35. The lowest BCUT2D eigenvalue weighted by Gasteiger charge is -2.26. The van der Waals surface area contributed by atoms with Gasteiger partial charge in [-0.2, -0.15) is 0 Å². The van der Waals surface area contributed by atoms with Crippen molar-refractivity contribution in [2.45, 2.75) is 0 Å². The maximum atomic E-state index is 2.53. The number of hydrogen-bond donors (Lipinski definition) is 0. The number of rotatable bonds is 3. The molecule has 42 heavy (non-hydrogen) atoms. The number of fused-ring (bicyclic) bond motifs is 8. The molecule has 0 fully saturated rings. The molecule has 0 spiro atoms. The van der Waals surface area contributed by atoms with Gasteiger partial charge in [0, 0.05) is 11.8 Å². The summed E-state index contributed by atoms with van der Waals surface area (Å²) in [6, 6.07) is 42.9. The first-order valence-corrected chi connectivity index (χ1v) is 15.1. The summed E-state index contributed by atoms with van der Waals surface area (Å²) in [6.45, 7) is 0.456. The van der Waals surface area contributed by atoms with Crippen molar-refractivity contribution >= 4 is 40.7 Å². The van der Waals surface area contributed by atoms with E-state index < -0.39 is 0 Å². The van der Waals surface area contributed by atoms with Crippen LogP contribution in [0.3, 0.4) is 0 Å². The minimum atomic E-state index is 0.224. The van der Waals surface area contributed by atoms with Gasteiger partial charge in [-0.15, -0.1) is 0 Å². The van der Waals surface area contributed by atoms with Gasteiger partial charge in [-0.3, -0.25) is 0 Å². The second-order valence-corrected chi connectivity index (χ2v) is 12.0. The van der Waals surface area contributed by atoms with E-state index >= 15 is 0 Å². The molecule has 194 valence electrons. The lowest BCUT2D eigenvalue weighted by Crippen LogP contribution is -2.50. The number of hydrogen-bond acceptors (Lipinski definition) is 0. The van der Waals surface area contributed by atoms with Crippen molar-refractivity contribution < 1.29 is 0 Å². The normalized spacial score (nSPS) is 18.7. The molecule has 0 radical (unpaired) electrons. The zero-order valence-corrected chi connectivity index (χ0v) is 23.3. The van der Waals surface area contributed by atoms with Crippen molar-refractivity contribution in [1.29, 1.82) is 0 Å². The van der Waals surface area contributed by atoms with Crippen LogP contribution in [-0.2, 0) is 0 Å². The van der Waals surface area contributed by atoms with Crippen LogP contribution in [0.1, 0.15) is 0 Å². The Morgan fingerprint density at radius 1 is 0.452 bits per heavy atom. The summed E-state index contributed by atoms with van der Waals surface area (Å²) in [6.07, 6.45) is 16.4. The summed E-state index contributed by atoms with van der Waals surface area (Å²) >= 11 is 0. The Kier molecular flexibility index (Phi) is 5.32. The van der Waals surface area contributed by atoms with Gasteiger partial charge >= 0.3 is 0 Å². The van der Waals surface area contributed by atoms with Crippen LogP contribution in [0, 0.1) is 11.8 Å². The summed E-state index contributed by atoms with van der Waals surface area (Å²) in [5.41, 5.74) is 16.6. The smallest absolute Gasteiger partial charge is 0.0814 e. The van der Waals surface area contributed by atoms with Crippen molar-refractivity contribution in [2.75, 3.05) is 0 Å². The molecular formula is C40H28B2. The maximum absolute atomic E-state index is 2.53. The Hall–Kier alpha value is -4.81. The Morgan fingerprint density at radius 2 is 1.12 bits per heavy atom. The van der Waals surface area contributed by atoms with Crippen LogP contribution in [0.4, 0.5) is 0 Å². The molecule has 5 aromatic carbocycles. The van der Waals surface area contributed by atoms with E-state index in [1.165, 1.54) is 66.2 Å². The van der Waals surface area contributed by atoms with Gasteiger partial charge in [0.15, 0.2) is 0 Å². The van der Waals surface area contributed by atoms with Gasteiger partial charge in [0.05, 0.1) is 0 Å². The van der Waals surface area contributed by atoms with Gasteiger partial charge in [-0.1, -0.05) is 191 Å². The van der Waals surface area contributed by atoms with E-state index in [-0.39, 0.29) is 13.4 Å². The highest BCUT2D eigenvalue weighted by atomic mass is 14.3. The summed E-state index contributed by atoms with van der Waals surface area (Å²) in [4.78, 5) is 0. The van der Waals surface area contributed by atoms with Crippen molar-refractivity contribution in [3.05, 3.63) is 163 Å². The second kappa shape index (κ2) is 9.36. The molecule has 0 amide bonds. The quantitative estimate of drug-likeness (QED) is 0.253. The van der Waals surface area contributed by atoms with E-state index in [9.17, 15) is 0 Å². The zero-order chi connectivity index (χ0) is 27.6. The molecule has 0 nitrogen and oxygen atoms in total. The van der Waals surface area contributed by atoms with Gasteiger partial charge in [0.25, 0.3) is 0 Å². The molecular weight excluding hydrogens is 502 g/mol. The zero-order valence-electron chi connectivity index (χ0n) is 23.3. The molecule has 2 heteroatoms. The fourth-order valence-electron chi connectivity index (χ4n) is 7.90. The van der Waals surface area contributed by atoms with Crippen LogP contribution in [-0.4, -0.2) is 13.4 Å². The Labute approximate surface area is 248 Å². The van der Waals surface area contributed by atoms with Crippen LogP contribution in [0.15, 0.2) is 163 Å². The third-order valence-corrected chi connectivity index (χ3v) is 9.78. The molecule has 9 rings (SSSR count). The summed E-state index contributed by atoms with van der Waals surface area (Å²) < 4.78 is 0. The van der Waals surface area contributed by atoms with E-state index in [0.29, 0.717) is 11.8 Å². The summed E-state index contributed by atoms with van der Waals surface area (Å²) in [7, 11) is 0. The Morgan fingerprint density at radius 3 is 1.93 bits per heavy atom. The maximum Gasteiger partial charge on any atom is 0.243 e. The van der Waals surface area contributed by atoms with Gasteiger partial charge in [0.2, 0.25) is 13.4 Å². The minimum Gasteiger partial charge on any atom is -0.0814 e. The van der Waals surface area contributed by atoms with Crippen molar-refractivity contribution in [2.24, 2.45) is 11.8 Å². The highest BCUT2D eigenvalue weighted by Crippen LogP contribution is 2.35. The van der Waals surface area contributed by atoms with Crippen molar-refractivity contribution in [3.63, 3.8) is 0 Å². The highest BCUT2D eigenvalue weighted by molar-refractivity contribution is 7.02. The average molecular weight is 530 g/mol. The van der Waals surface area contributed by atoms with E-state index in [1.807, 2.05) is 0 Å². The molecule has 2 atom stereocenters. The van der Waals surface area contributed by atoms with Crippen molar-refractivity contribution in [1.82, 2.24) is 0 Å². The highest BCUT2D eigenvalue weighted by Gasteiger charge is 2.42. The Bertz CT molecular complexity index is 1990. The molecule has 0 aromatic heterocycles. The molecule has 0 saturated heterocycles. The molecule has 0 N–H and O–H groups in total. The lowest BCUT2D eigenvalue weighted by molar-refractivity contribution is 0.658. The van der Waals surface area contributed by atoms with Gasteiger partial charge in [-0.05, 0) is 33.4 Å². The van der Waals surface area contributed by atoms with Crippen LogP contribution in [0.25, 0.3) is 33.4 Å². The van der Waals surface area contributed by atoms with E-state index in [1.54, 1.807) is 0 Å². The third kappa shape index (κ3) is 3.51. The largest absolute Gasteiger partial charge is 0.243 e. The molecule has 5 aromatic rings. The van der Waals surface area contributed by atoms with E-state index in [4.69, 9.17) is 0 Å². The van der Waals surface area contributed by atoms with E-state index in [2.05, 4.69) is 158 Å². The van der Waals surface area contributed by atoms with Gasteiger partial charge < -0.3 is 0 Å². The number of allylic oxidation sites excluding steroid dienone is 8. The molecule has 0 bridgehead atoms. The molecule has 2 aliphatic carbocycles. The molecule has 2 unspecified atom stereocenters. The summed E-state index contributed by atoms with van der Waals surface area (Å²) in [5, 5.41) is 0. The average Bonchev–Trinajstić information content (AvgIpc) is 3.58. The standard InChI is InChI=1S/C40H28B2/c1-2-10-27(11-3-1)29-18-21-31(22-19-29)41-37-17-9-7-15-35(37)39-38(41)25-24-34-33-14-6-8-16-36(33)42(40(34)39)32-23-20-28-12-4-5-13-30(28)26-32/h1-26,28,30H. The molecule has 0 saturated carbocycles. The van der Waals surface area contributed by atoms with Crippen molar-refractivity contribution in [3.8, 4) is 33.4 Å². The van der Waals surface area contributed by atoms with Gasteiger partial charge in [-0.25, -0.2) is 0 Å².